The van der Waals surface area contributed by atoms with Crippen molar-refractivity contribution in [3.63, 3.8) is 0 Å². The second-order valence-electron chi connectivity index (χ2n) is 6.46. The molecule has 0 saturated carbocycles. The lowest BCUT2D eigenvalue weighted by atomic mass is 10.1. The van der Waals surface area contributed by atoms with E-state index in [1.165, 1.54) is 11.4 Å². The van der Waals surface area contributed by atoms with Crippen molar-refractivity contribution in [2.75, 3.05) is 0 Å². The topological polar surface area (TPSA) is 9.86 Å². The Balaban J connectivity index is 0.000000211. The molecule has 0 atom stereocenters. The van der Waals surface area contributed by atoms with Crippen LogP contribution in [0.3, 0.4) is 0 Å². The Hall–Kier alpha value is -1.44. The average Bonchev–Trinajstić information content (AvgIpc) is 3.08. The van der Waals surface area contributed by atoms with Gasteiger partial charge in [0.15, 0.2) is 0 Å². The summed E-state index contributed by atoms with van der Waals surface area (Å²) in [7, 11) is 0. The molecule has 0 radical (unpaired) electrons. The Morgan fingerprint density at radius 3 is 1.71 bits per heavy atom. The standard InChI is InChI=1S/C10H17N.C9H15N/c1-8(2)10-6-5-7-11(10)9(3)4;1-4-10-7-5-6-9(10)8(2)3/h5-9H,1-4H3;5-8H,4H2,1-3H3. The molecular weight excluding hydrogens is 256 g/mol. The molecule has 21 heavy (non-hydrogen) atoms. The number of nitrogens with zero attached hydrogens (tertiary/aromatic N) is 2. The van der Waals surface area contributed by atoms with E-state index in [-0.39, 0.29) is 0 Å². The van der Waals surface area contributed by atoms with Crippen LogP contribution in [0.4, 0.5) is 0 Å². The minimum Gasteiger partial charge on any atom is -0.351 e. The maximum Gasteiger partial charge on any atom is 0.0276 e. The van der Waals surface area contributed by atoms with Crippen molar-refractivity contribution >= 4 is 0 Å². The van der Waals surface area contributed by atoms with E-state index in [0.717, 1.165) is 6.54 Å². The molecule has 0 N–H and O–H groups in total. The van der Waals surface area contributed by atoms with E-state index >= 15 is 0 Å². The van der Waals surface area contributed by atoms with Crippen LogP contribution in [0.2, 0.25) is 0 Å². The van der Waals surface area contributed by atoms with E-state index in [9.17, 15) is 0 Å². The SMILES string of the molecule is CC(C)c1cccn1C(C)C.CCn1cccc1C(C)C. The molecule has 2 aromatic heterocycles. The minimum absolute atomic E-state index is 0.586. The second-order valence-corrected chi connectivity index (χ2v) is 6.46. The lowest BCUT2D eigenvalue weighted by Gasteiger charge is -2.14. The van der Waals surface area contributed by atoms with Gasteiger partial charge in [-0.15, -0.1) is 0 Å². The van der Waals surface area contributed by atoms with E-state index in [4.69, 9.17) is 0 Å². The van der Waals surface area contributed by atoms with E-state index in [2.05, 4.69) is 94.3 Å². The van der Waals surface area contributed by atoms with Crippen LogP contribution >= 0.6 is 0 Å². The molecule has 118 valence electrons. The molecule has 0 aliphatic rings. The van der Waals surface area contributed by atoms with E-state index < -0.39 is 0 Å². The summed E-state index contributed by atoms with van der Waals surface area (Å²) in [4.78, 5) is 0. The molecule has 2 nitrogen and oxygen atoms in total. The van der Waals surface area contributed by atoms with Crippen molar-refractivity contribution < 1.29 is 0 Å². The van der Waals surface area contributed by atoms with Gasteiger partial charge in [-0.05, 0) is 56.9 Å². The first-order chi connectivity index (χ1) is 9.88. The van der Waals surface area contributed by atoms with Crippen LogP contribution < -0.4 is 0 Å². The molecule has 0 bridgehead atoms. The van der Waals surface area contributed by atoms with Gasteiger partial charge >= 0.3 is 0 Å². The third kappa shape index (κ3) is 4.80. The Morgan fingerprint density at radius 2 is 1.33 bits per heavy atom. The molecule has 2 heteroatoms. The third-order valence-corrected chi connectivity index (χ3v) is 3.76. The van der Waals surface area contributed by atoms with E-state index in [0.29, 0.717) is 17.9 Å². The van der Waals surface area contributed by atoms with Crippen LogP contribution in [0.15, 0.2) is 36.7 Å². The largest absolute Gasteiger partial charge is 0.351 e. The van der Waals surface area contributed by atoms with Gasteiger partial charge in [-0.2, -0.15) is 0 Å². The first kappa shape index (κ1) is 17.6. The van der Waals surface area contributed by atoms with Gasteiger partial charge < -0.3 is 9.13 Å². The lowest BCUT2D eigenvalue weighted by Crippen LogP contribution is -2.04. The van der Waals surface area contributed by atoms with Crippen molar-refractivity contribution in [3.05, 3.63) is 48.0 Å². The summed E-state index contributed by atoms with van der Waals surface area (Å²) < 4.78 is 4.61. The maximum absolute atomic E-state index is 2.32. The van der Waals surface area contributed by atoms with Crippen molar-refractivity contribution in [1.82, 2.24) is 9.13 Å². The van der Waals surface area contributed by atoms with Gasteiger partial charge in [-0.3, -0.25) is 0 Å². The number of hydrogen-bond acceptors (Lipinski definition) is 0. The molecule has 0 aliphatic heterocycles. The molecule has 2 aromatic rings. The summed E-state index contributed by atoms with van der Waals surface area (Å²) >= 11 is 0. The molecule has 0 saturated heterocycles. The number of rotatable bonds is 4. The van der Waals surface area contributed by atoms with Crippen LogP contribution in [0.25, 0.3) is 0 Å². The quantitative estimate of drug-likeness (QED) is 0.670. The fourth-order valence-electron chi connectivity index (χ4n) is 2.61. The zero-order valence-corrected chi connectivity index (χ0v) is 14.8. The van der Waals surface area contributed by atoms with Crippen LogP contribution in [0, 0.1) is 0 Å². The van der Waals surface area contributed by atoms with Gasteiger partial charge in [0, 0.05) is 36.4 Å². The van der Waals surface area contributed by atoms with Crippen LogP contribution in [-0.4, -0.2) is 9.13 Å². The summed E-state index contributed by atoms with van der Waals surface area (Å²) in [5.74, 6) is 1.28. The summed E-state index contributed by atoms with van der Waals surface area (Å²) in [6.45, 7) is 16.6. The van der Waals surface area contributed by atoms with Crippen molar-refractivity contribution in [2.45, 2.75) is 72.9 Å². The highest BCUT2D eigenvalue weighted by molar-refractivity contribution is 5.12. The third-order valence-electron chi connectivity index (χ3n) is 3.76. The molecule has 0 fully saturated rings. The van der Waals surface area contributed by atoms with Gasteiger partial charge in [-0.25, -0.2) is 0 Å². The second kappa shape index (κ2) is 8.11. The zero-order chi connectivity index (χ0) is 16.0. The Bertz CT molecular complexity index is 493. The number of aryl methyl sites for hydroxylation is 1. The number of hydrogen-bond donors (Lipinski definition) is 0. The summed E-state index contributed by atoms with van der Waals surface area (Å²) in [6.07, 6.45) is 4.29. The highest BCUT2D eigenvalue weighted by Crippen LogP contribution is 2.18. The van der Waals surface area contributed by atoms with Gasteiger partial charge in [0.25, 0.3) is 0 Å². The Morgan fingerprint density at radius 1 is 0.810 bits per heavy atom. The minimum atomic E-state index is 0.586. The predicted molar refractivity (Wildman–Crippen MR) is 93.1 cm³/mol. The van der Waals surface area contributed by atoms with E-state index in [1.54, 1.807) is 0 Å². The molecular formula is C19H32N2. The maximum atomic E-state index is 2.32. The Labute approximate surface area is 130 Å². The predicted octanol–water partition coefficient (Wildman–Crippen LogP) is 5.82. The van der Waals surface area contributed by atoms with Crippen molar-refractivity contribution in [3.8, 4) is 0 Å². The summed E-state index contributed by atoms with van der Waals surface area (Å²) in [6, 6.07) is 9.20. The Kier molecular flexibility index (Phi) is 6.80. The first-order valence-corrected chi connectivity index (χ1v) is 8.20. The van der Waals surface area contributed by atoms with Crippen LogP contribution in [-0.2, 0) is 6.54 Å². The zero-order valence-electron chi connectivity index (χ0n) is 14.8. The molecule has 2 heterocycles. The highest BCUT2D eigenvalue weighted by Gasteiger charge is 2.06. The molecule has 0 spiro atoms. The molecule has 2 rings (SSSR count). The summed E-state index contributed by atoms with van der Waals surface area (Å²) in [5.41, 5.74) is 2.86. The van der Waals surface area contributed by atoms with Crippen molar-refractivity contribution in [2.24, 2.45) is 0 Å². The first-order valence-electron chi connectivity index (χ1n) is 8.20. The van der Waals surface area contributed by atoms with Gasteiger partial charge in [-0.1, -0.05) is 27.7 Å². The molecule has 0 amide bonds. The fourth-order valence-corrected chi connectivity index (χ4v) is 2.61. The average molecular weight is 288 g/mol. The monoisotopic (exact) mass is 288 g/mol. The fraction of sp³-hybridized carbons (Fsp3) is 0.579. The van der Waals surface area contributed by atoms with Gasteiger partial charge in [0.05, 0.1) is 0 Å². The lowest BCUT2D eigenvalue weighted by molar-refractivity contribution is 0.560. The van der Waals surface area contributed by atoms with Crippen LogP contribution in [0.1, 0.15) is 77.7 Å². The normalized spacial score (nSPS) is 11.1. The van der Waals surface area contributed by atoms with E-state index in [1.807, 2.05) is 0 Å². The molecule has 0 unspecified atom stereocenters. The number of aromatic nitrogens is 2. The van der Waals surface area contributed by atoms with Gasteiger partial charge in [0.1, 0.15) is 0 Å². The van der Waals surface area contributed by atoms with Crippen molar-refractivity contribution in [1.29, 1.82) is 0 Å². The van der Waals surface area contributed by atoms with Crippen LogP contribution in [0.5, 0.6) is 0 Å². The molecule has 0 aromatic carbocycles. The summed E-state index contributed by atoms with van der Waals surface area (Å²) in [5, 5.41) is 0. The molecule has 0 aliphatic carbocycles. The smallest absolute Gasteiger partial charge is 0.0276 e. The van der Waals surface area contributed by atoms with Gasteiger partial charge in [0.2, 0.25) is 0 Å². The highest BCUT2D eigenvalue weighted by atomic mass is 15.0.